The number of halogens is 1. The maximum atomic E-state index is 11.9. The van der Waals surface area contributed by atoms with E-state index < -0.39 is 0 Å². The van der Waals surface area contributed by atoms with Crippen LogP contribution < -0.4 is 10.2 Å². The van der Waals surface area contributed by atoms with E-state index in [1.165, 1.54) is 0 Å². The number of nitrogens with one attached hydrogen (secondary N) is 1. The van der Waals surface area contributed by atoms with Crippen molar-refractivity contribution in [3.63, 3.8) is 0 Å². The van der Waals surface area contributed by atoms with E-state index >= 15 is 0 Å². The molecule has 0 aliphatic heterocycles. The zero-order valence-corrected chi connectivity index (χ0v) is 13.6. The van der Waals surface area contributed by atoms with E-state index in [2.05, 4.69) is 38.3 Å². The summed E-state index contributed by atoms with van der Waals surface area (Å²) in [6.45, 7) is 1.42. The molecule has 0 aliphatic carbocycles. The Morgan fingerprint density at radius 2 is 1.90 bits per heavy atom. The Hall–Kier alpha value is -1.81. The number of hydrogen-bond acceptors (Lipinski definition) is 2. The van der Waals surface area contributed by atoms with Gasteiger partial charge in [0.05, 0.1) is 6.42 Å². The topological polar surface area (TPSA) is 32.3 Å². The number of hydrogen-bond donors (Lipinski definition) is 1. The Balaban J connectivity index is 1.74. The van der Waals surface area contributed by atoms with Gasteiger partial charge < -0.3 is 10.2 Å². The van der Waals surface area contributed by atoms with Crippen LogP contribution in [0.1, 0.15) is 5.56 Å². The molecule has 1 N–H and O–H groups in total. The molecule has 2 rings (SSSR count). The molecule has 0 fully saturated rings. The molecule has 0 bridgehead atoms. The first-order valence-corrected chi connectivity index (χ1v) is 7.72. The van der Waals surface area contributed by atoms with E-state index in [1.807, 2.05) is 49.5 Å². The van der Waals surface area contributed by atoms with Crippen molar-refractivity contribution >= 4 is 27.5 Å². The normalized spacial score (nSPS) is 10.2. The Labute approximate surface area is 134 Å². The molecule has 1 amide bonds. The van der Waals surface area contributed by atoms with Gasteiger partial charge in [-0.05, 0) is 29.8 Å². The van der Waals surface area contributed by atoms with E-state index in [9.17, 15) is 4.79 Å². The molecule has 0 aromatic heterocycles. The van der Waals surface area contributed by atoms with E-state index in [0.29, 0.717) is 13.0 Å². The lowest BCUT2D eigenvalue weighted by Crippen LogP contribution is -2.33. The third-order valence-electron chi connectivity index (χ3n) is 3.22. The fourth-order valence-electron chi connectivity index (χ4n) is 2.07. The summed E-state index contributed by atoms with van der Waals surface area (Å²) in [5.74, 6) is 0.0505. The summed E-state index contributed by atoms with van der Waals surface area (Å²) in [6.07, 6.45) is 0.411. The van der Waals surface area contributed by atoms with Crippen molar-refractivity contribution < 1.29 is 4.79 Å². The molecule has 0 aliphatic rings. The van der Waals surface area contributed by atoms with Crippen molar-refractivity contribution in [3.05, 3.63) is 64.6 Å². The maximum Gasteiger partial charge on any atom is 0.224 e. The van der Waals surface area contributed by atoms with Crippen LogP contribution in [-0.4, -0.2) is 26.0 Å². The number of rotatable bonds is 6. The number of para-hydroxylation sites is 1. The molecule has 0 saturated carbocycles. The van der Waals surface area contributed by atoms with Crippen LogP contribution in [0.25, 0.3) is 0 Å². The van der Waals surface area contributed by atoms with Crippen molar-refractivity contribution in [3.8, 4) is 0 Å². The second-order valence-electron chi connectivity index (χ2n) is 4.91. The molecular weight excluding hydrogens is 328 g/mol. The summed E-state index contributed by atoms with van der Waals surface area (Å²) < 4.78 is 0.997. The molecule has 0 unspecified atom stereocenters. The highest BCUT2D eigenvalue weighted by Gasteiger charge is 2.04. The minimum atomic E-state index is 0.0505. The fourth-order valence-corrected chi connectivity index (χ4v) is 2.52. The predicted molar refractivity (Wildman–Crippen MR) is 90.6 cm³/mol. The number of benzene rings is 2. The van der Waals surface area contributed by atoms with E-state index in [4.69, 9.17) is 0 Å². The largest absolute Gasteiger partial charge is 0.373 e. The number of likely N-dealkylation sites (N-methyl/N-ethyl adjacent to an activating group) is 1. The molecule has 0 saturated heterocycles. The lowest BCUT2D eigenvalue weighted by Gasteiger charge is -2.19. The van der Waals surface area contributed by atoms with Crippen LogP contribution in [0.4, 0.5) is 5.69 Å². The molecular formula is C17H19BrN2O. The van der Waals surface area contributed by atoms with Gasteiger partial charge in [-0.1, -0.05) is 46.3 Å². The predicted octanol–water partition coefficient (Wildman–Crippen LogP) is 3.24. The second kappa shape index (κ2) is 7.84. The van der Waals surface area contributed by atoms with Gasteiger partial charge in [0.2, 0.25) is 5.91 Å². The fraction of sp³-hybridized carbons (Fsp3) is 0.235. The van der Waals surface area contributed by atoms with Crippen LogP contribution in [-0.2, 0) is 11.2 Å². The minimum absolute atomic E-state index is 0.0505. The average molecular weight is 347 g/mol. The quantitative estimate of drug-likeness (QED) is 0.870. The monoisotopic (exact) mass is 346 g/mol. The number of carbonyl (C=O) groups is 1. The first-order chi connectivity index (χ1) is 10.1. The third-order valence-corrected chi connectivity index (χ3v) is 3.71. The first kappa shape index (κ1) is 15.6. The zero-order chi connectivity index (χ0) is 15.1. The van der Waals surface area contributed by atoms with Crippen molar-refractivity contribution in [2.45, 2.75) is 6.42 Å². The molecule has 0 spiro atoms. The van der Waals surface area contributed by atoms with E-state index in [-0.39, 0.29) is 5.91 Å². The standard InChI is InChI=1S/C17H19BrN2O/c1-20(16-8-3-2-4-9-16)11-10-19-17(21)13-14-6-5-7-15(18)12-14/h2-9,12H,10-11,13H2,1H3,(H,19,21). The summed E-state index contributed by atoms with van der Waals surface area (Å²) in [4.78, 5) is 14.0. The second-order valence-corrected chi connectivity index (χ2v) is 5.83. The van der Waals surface area contributed by atoms with Gasteiger partial charge in [-0.2, -0.15) is 0 Å². The summed E-state index contributed by atoms with van der Waals surface area (Å²) in [5.41, 5.74) is 2.16. The molecule has 3 nitrogen and oxygen atoms in total. The smallest absolute Gasteiger partial charge is 0.224 e. The highest BCUT2D eigenvalue weighted by molar-refractivity contribution is 9.10. The SMILES string of the molecule is CN(CCNC(=O)Cc1cccc(Br)c1)c1ccccc1. The number of anilines is 1. The van der Waals surface area contributed by atoms with Crippen LogP contribution in [0.3, 0.4) is 0 Å². The van der Waals surface area contributed by atoms with Crippen molar-refractivity contribution in [1.29, 1.82) is 0 Å². The number of carbonyl (C=O) groups excluding carboxylic acids is 1. The van der Waals surface area contributed by atoms with Crippen LogP contribution in [0, 0.1) is 0 Å². The molecule has 0 radical (unpaired) electrons. The van der Waals surface area contributed by atoms with Gasteiger partial charge in [-0.15, -0.1) is 0 Å². The number of nitrogens with zero attached hydrogens (tertiary/aromatic N) is 1. The van der Waals surface area contributed by atoms with Gasteiger partial charge in [0.1, 0.15) is 0 Å². The van der Waals surface area contributed by atoms with Gasteiger partial charge in [-0.25, -0.2) is 0 Å². The number of amides is 1. The lowest BCUT2D eigenvalue weighted by atomic mass is 10.1. The van der Waals surface area contributed by atoms with Gasteiger partial charge in [-0.3, -0.25) is 4.79 Å². The lowest BCUT2D eigenvalue weighted by molar-refractivity contribution is -0.120. The molecule has 4 heteroatoms. The minimum Gasteiger partial charge on any atom is -0.373 e. The molecule has 2 aromatic carbocycles. The van der Waals surface area contributed by atoms with Gasteiger partial charge in [0.15, 0.2) is 0 Å². The molecule has 0 atom stereocenters. The Bertz CT molecular complexity index is 586. The summed E-state index contributed by atoms with van der Waals surface area (Å²) in [6, 6.07) is 18.0. The summed E-state index contributed by atoms with van der Waals surface area (Å²) in [7, 11) is 2.02. The average Bonchev–Trinajstić information content (AvgIpc) is 2.48. The molecule has 110 valence electrons. The highest BCUT2D eigenvalue weighted by Crippen LogP contribution is 2.12. The first-order valence-electron chi connectivity index (χ1n) is 6.92. The molecule has 2 aromatic rings. The zero-order valence-electron chi connectivity index (χ0n) is 12.1. The van der Waals surface area contributed by atoms with Crippen molar-refractivity contribution in [2.75, 3.05) is 25.0 Å². The van der Waals surface area contributed by atoms with Gasteiger partial charge in [0, 0.05) is 30.3 Å². The maximum absolute atomic E-state index is 11.9. The van der Waals surface area contributed by atoms with Gasteiger partial charge >= 0.3 is 0 Å². The summed E-state index contributed by atoms with van der Waals surface area (Å²) >= 11 is 3.41. The highest BCUT2D eigenvalue weighted by atomic mass is 79.9. The third kappa shape index (κ3) is 5.23. The van der Waals surface area contributed by atoms with Crippen LogP contribution in [0.2, 0.25) is 0 Å². The Morgan fingerprint density at radius 1 is 1.14 bits per heavy atom. The van der Waals surface area contributed by atoms with E-state index in [1.54, 1.807) is 0 Å². The van der Waals surface area contributed by atoms with E-state index in [0.717, 1.165) is 22.3 Å². The Kier molecular flexibility index (Phi) is 5.81. The molecule has 21 heavy (non-hydrogen) atoms. The molecule has 0 heterocycles. The van der Waals surface area contributed by atoms with Crippen molar-refractivity contribution in [1.82, 2.24) is 5.32 Å². The van der Waals surface area contributed by atoms with Crippen LogP contribution in [0.15, 0.2) is 59.1 Å². The van der Waals surface area contributed by atoms with Gasteiger partial charge in [0.25, 0.3) is 0 Å². The Morgan fingerprint density at radius 3 is 2.62 bits per heavy atom. The summed E-state index contributed by atoms with van der Waals surface area (Å²) in [5, 5.41) is 2.96. The van der Waals surface area contributed by atoms with Crippen LogP contribution in [0.5, 0.6) is 0 Å². The van der Waals surface area contributed by atoms with Crippen LogP contribution >= 0.6 is 15.9 Å². The van der Waals surface area contributed by atoms with Crippen molar-refractivity contribution in [2.24, 2.45) is 0 Å².